The average molecular weight is 493 g/mol. The Morgan fingerprint density at radius 3 is 2.63 bits per heavy atom. The molecule has 0 saturated carbocycles. The SMILES string of the molecule is CCCN(Cc1nc2cc(Cl)ccc2c(=O)[nH]1)C(=O)C1CCN(C(=O)/C=C/c2ccccc2)CC1. The van der Waals surface area contributed by atoms with Gasteiger partial charge in [-0.1, -0.05) is 48.9 Å². The second-order valence-electron chi connectivity index (χ2n) is 8.78. The van der Waals surface area contributed by atoms with Gasteiger partial charge in [0.2, 0.25) is 11.8 Å². The van der Waals surface area contributed by atoms with Gasteiger partial charge in [0.05, 0.1) is 17.4 Å². The minimum atomic E-state index is -0.249. The molecule has 7 nitrogen and oxygen atoms in total. The lowest BCUT2D eigenvalue weighted by atomic mass is 9.95. The molecule has 0 aliphatic carbocycles. The van der Waals surface area contributed by atoms with Crippen LogP contribution in [0.25, 0.3) is 17.0 Å². The molecule has 2 aromatic carbocycles. The van der Waals surface area contributed by atoms with Gasteiger partial charge in [-0.25, -0.2) is 4.98 Å². The molecule has 1 aliphatic rings. The number of rotatable bonds is 7. The fourth-order valence-electron chi connectivity index (χ4n) is 4.40. The number of likely N-dealkylation sites (tertiary alicyclic amines) is 1. The Bertz CT molecular complexity index is 1280. The third kappa shape index (κ3) is 6.17. The first-order chi connectivity index (χ1) is 16.9. The molecular weight excluding hydrogens is 464 g/mol. The first-order valence-electron chi connectivity index (χ1n) is 11.9. The first kappa shape index (κ1) is 24.7. The summed E-state index contributed by atoms with van der Waals surface area (Å²) in [6.07, 6.45) is 5.42. The van der Waals surface area contributed by atoms with Gasteiger partial charge in [0, 0.05) is 36.7 Å². The van der Waals surface area contributed by atoms with Crippen LogP contribution in [0.5, 0.6) is 0 Å². The van der Waals surface area contributed by atoms with Crippen molar-refractivity contribution in [1.82, 2.24) is 19.8 Å². The number of hydrogen-bond acceptors (Lipinski definition) is 4. The van der Waals surface area contributed by atoms with E-state index >= 15 is 0 Å². The number of H-pyrrole nitrogens is 1. The van der Waals surface area contributed by atoms with Crippen LogP contribution >= 0.6 is 11.6 Å². The van der Waals surface area contributed by atoms with Crippen LogP contribution < -0.4 is 5.56 Å². The lowest BCUT2D eigenvalue weighted by Crippen LogP contribution is -2.44. The van der Waals surface area contributed by atoms with Crippen molar-refractivity contribution >= 4 is 40.4 Å². The fraction of sp³-hybridized carbons (Fsp3) is 0.333. The van der Waals surface area contributed by atoms with Crippen LogP contribution in [0.3, 0.4) is 0 Å². The van der Waals surface area contributed by atoms with Crippen LogP contribution in [0.2, 0.25) is 5.02 Å². The van der Waals surface area contributed by atoms with E-state index in [-0.39, 0.29) is 29.8 Å². The predicted molar refractivity (Wildman–Crippen MR) is 138 cm³/mol. The summed E-state index contributed by atoms with van der Waals surface area (Å²) >= 11 is 6.07. The highest BCUT2D eigenvalue weighted by Gasteiger charge is 2.30. The number of carbonyl (C=O) groups is 2. The molecule has 4 rings (SSSR count). The number of fused-ring (bicyclic) bond motifs is 1. The van der Waals surface area contributed by atoms with Gasteiger partial charge in [-0.05, 0) is 49.1 Å². The van der Waals surface area contributed by atoms with E-state index in [1.165, 1.54) is 0 Å². The molecule has 8 heteroatoms. The second kappa shape index (κ2) is 11.3. The number of aromatic amines is 1. The van der Waals surface area contributed by atoms with Crippen molar-refractivity contribution in [3.63, 3.8) is 0 Å². The minimum absolute atomic E-state index is 0.0348. The Morgan fingerprint density at radius 1 is 1.17 bits per heavy atom. The molecule has 1 aliphatic heterocycles. The van der Waals surface area contributed by atoms with E-state index in [0.717, 1.165) is 12.0 Å². The third-order valence-electron chi connectivity index (χ3n) is 6.24. The maximum atomic E-state index is 13.4. The maximum absolute atomic E-state index is 13.4. The smallest absolute Gasteiger partial charge is 0.258 e. The van der Waals surface area contributed by atoms with Gasteiger partial charge in [0.15, 0.2) is 0 Å². The number of amides is 2. The Balaban J connectivity index is 1.39. The van der Waals surface area contributed by atoms with Crippen molar-refractivity contribution in [1.29, 1.82) is 0 Å². The zero-order chi connectivity index (χ0) is 24.8. The van der Waals surface area contributed by atoms with Gasteiger partial charge in [-0.15, -0.1) is 0 Å². The molecule has 1 N–H and O–H groups in total. The van der Waals surface area contributed by atoms with Gasteiger partial charge in [-0.2, -0.15) is 0 Å². The molecule has 2 heterocycles. The van der Waals surface area contributed by atoms with Crippen LogP contribution in [0.1, 0.15) is 37.6 Å². The summed E-state index contributed by atoms with van der Waals surface area (Å²) in [6.45, 7) is 3.88. The number of piperidine rings is 1. The van der Waals surface area contributed by atoms with Crippen LogP contribution in [0, 0.1) is 5.92 Å². The third-order valence-corrected chi connectivity index (χ3v) is 6.47. The highest BCUT2D eigenvalue weighted by molar-refractivity contribution is 6.31. The number of nitrogens with one attached hydrogen (secondary N) is 1. The number of carbonyl (C=O) groups excluding carboxylic acids is 2. The summed E-state index contributed by atoms with van der Waals surface area (Å²) in [5, 5.41) is 0.966. The van der Waals surface area contributed by atoms with Crippen molar-refractivity contribution in [2.75, 3.05) is 19.6 Å². The molecule has 2 amide bonds. The summed E-state index contributed by atoms with van der Waals surface area (Å²) in [7, 11) is 0. The van der Waals surface area contributed by atoms with E-state index in [1.807, 2.05) is 43.3 Å². The fourth-order valence-corrected chi connectivity index (χ4v) is 4.56. The van der Waals surface area contributed by atoms with Crippen molar-refractivity contribution in [3.8, 4) is 0 Å². The topological polar surface area (TPSA) is 86.4 Å². The maximum Gasteiger partial charge on any atom is 0.258 e. The summed E-state index contributed by atoms with van der Waals surface area (Å²) in [5.74, 6) is 0.268. The Kier molecular flexibility index (Phi) is 7.98. The van der Waals surface area contributed by atoms with E-state index < -0.39 is 0 Å². The van der Waals surface area contributed by atoms with Gasteiger partial charge in [-0.3, -0.25) is 14.4 Å². The van der Waals surface area contributed by atoms with Crippen LogP contribution in [-0.2, 0) is 16.1 Å². The van der Waals surface area contributed by atoms with Crippen molar-refractivity contribution < 1.29 is 9.59 Å². The van der Waals surface area contributed by atoms with E-state index in [2.05, 4.69) is 9.97 Å². The Labute approximate surface area is 209 Å². The number of halogens is 1. The standard InChI is InChI=1S/C27H29ClN4O3/c1-2-14-32(18-24-29-23-17-21(28)9-10-22(23)26(34)30-24)27(35)20-12-15-31(16-13-20)25(33)11-8-19-6-4-3-5-7-19/h3-11,17,20H,2,12-16,18H2,1H3,(H,29,30,34)/b11-8+. The zero-order valence-corrected chi connectivity index (χ0v) is 20.5. The van der Waals surface area contributed by atoms with Crippen LogP contribution in [0.4, 0.5) is 0 Å². The Morgan fingerprint density at radius 2 is 1.91 bits per heavy atom. The van der Waals surface area contributed by atoms with Crippen molar-refractivity contribution in [2.24, 2.45) is 5.92 Å². The highest BCUT2D eigenvalue weighted by Crippen LogP contribution is 2.22. The van der Waals surface area contributed by atoms with Gasteiger partial charge >= 0.3 is 0 Å². The number of benzene rings is 2. The Hall–Kier alpha value is -3.45. The average Bonchev–Trinajstić information content (AvgIpc) is 2.87. The van der Waals surface area contributed by atoms with E-state index in [4.69, 9.17) is 11.6 Å². The molecular formula is C27H29ClN4O3. The van der Waals surface area contributed by atoms with E-state index in [1.54, 1.807) is 34.1 Å². The van der Waals surface area contributed by atoms with Crippen LogP contribution in [0.15, 0.2) is 59.4 Å². The summed E-state index contributed by atoms with van der Waals surface area (Å²) < 4.78 is 0. The van der Waals surface area contributed by atoms with Crippen molar-refractivity contribution in [2.45, 2.75) is 32.7 Å². The van der Waals surface area contributed by atoms with E-state index in [9.17, 15) is 14.4 Å². The number of hydrogen-bond donors (Lipinski definition) is 1. The normalized spacial score (nSPS) is 14.5. The van der Waals surface area contributed by atoms with Crippen LogP contribution in [-0.4, -0.2) is 51.2 Å². The predicted octanol–water partition coefficient (Wildman–Crippen LogP) is 4.27. The molecule has 1 saturated heterocycles. The summed E-state index contributed by atoms with van der Waals surface area (Å²) in [4.78, 5) is 49.3. The molecule has 35 heavy (non-hydrogen) atoms. The molecule has 182 valence electrons. The lowest BCUT2D eigenvalue weighted by Gasteiger charge is -2.33. The number of nitrogens with zero attached hydrogens (tertiary/aromatic N) is 3. The first-order valence-corrected chi connectivity index (χ1v) is 12.3. The largest absolute Gasteiger partial charge is 0.339 e. The minimum Gasteiger partial charge on any atom is -0.339 e. The zero-order valence-electron chi connectivity index (χ0n) is 19.7. The monoisotopic (exact) mass is 492 g/mol. The molecule has 0 radical (unpaired) electrons. The van der Waals surface area contributed by atoms with Gasteiger partial charge < -0.3 is 14.8 Å². The molecule has 1 fully saturated rings. The molecule has 0 atom stereocenters. The lowest BCUT2D eigenvalue weighted by molar-refractivity contribution is -0.140. The molecule has 0 spiro atoms. The summed E-state index contributed by atoms with van der Waals surface area (Å²) in [6, 6.07) is 14.6. The van der Waals surface area contributed by atoms with Gasteiger partial charge in [0.1, 0.15) is 5.82 Å². The molecule has 1 aromatic heterocycles. The molecule has 0 bridgehead atoms. The van der Waals surface area contributed by atoms with Crippen molar-refractivity contribution in [3.05, 3.63) is 81.4 Å². The summed E-state index contributed by atoms with van der Waals surface area (Å²) in [5.41, 5.74) is 1.24. The molecule has 0 unspecified atom stereocenters. The highest BCUT2D eigenvalue weighted by atomic mass is 35.5. The second-order valence-corrected chi connectivity index (χ2v) is 9.21. The molecule has 3 aromatic rings. The van der Waals surface area contributed by atoms with Gasteiger partial charge in [0.25, 0.3) is 5.56 Å². The number of aromatic nitrogens is 2. The quantitative estimate of drug-likeness (QED) is 0.499. The van der Waals surface area contributed by atoms with E-state index in [0.29, 0.717) is 54.2 Å².